The zero-order valence-electron chi connectivity index (χ0n) is 15.3. The minimum absolute atomic E-state index is 0.0455. The highest BCUT2D eigenvalue weighted by Gasteiger charge is 2.42. The lowest BCUT2D eigenvalue weighted by Gasteiger charge is -2.37. The summed E-state index contributed by atoms with van der Waals surface area (Å²) >= 11 is 0. The topological polar surface area (TPSA) is 47.6 Å². The van der Waals surface area contributed by atoms with Crippen LogP contribution in [0.2, 0.25) is 0 Å². The lowest BCUT2D eigenvalue weighted by molar-refractivity contribution is -0.143. The number of ether oxygens (including phenoxy) is 2. The van der Waals surface area contributed by atoms with E-state index in [1.54, 1.807) is 7.11 Å². The molecular formula is C21H27NO3. The number of anilines is 1. The number of methoxy groups -OCH3 is 1. The van der Waals surface area contributed by atoms with Crippen molar-refractivity contribution in [3.63, 3.8) is 0 Å². The van der Waals surface area contributed by atoms with Crippen molar-refractivity contribution < 1.29 is 14.3 Å². The van der Waals surface area contributed by atoms with E-state index in [2.05, 4.69) is 12.2 Å². The van der Waals surface area contributed by atoms with Gasteiger partial charge in [-0.15, -0.1) is 0 Å². The molecule has 3 rings (SSSR count). The molecule has 134 valence electrons. The molecule has 0 heterocycles. The number of nitrogens with one attached hydrogen (secondary N) is 1. The summed E-state index contributed by atoms with van der Waals surface area (Å²) < 4.78 is 11.4. The Hall–Kier alpha value is -2.07. The molecule has 2 aromatic carbocycles. The maximum atomic E-state index is 13.1. The van der Waals surface area contributed by atoms with Gasteiger partial charge in [0.2, 0.25) is 0 Å². The second-order valence-electron chi connectivity index (χ2n) is 6.94. The molecule has 0 radical (unpaired) electrons. The van der Waals surface area contributed by atoms with Gasteiger partial charge in [0.25, 0.3) is 5.91 Å². The summed E-state index contributed by atoms with van der Waals surface area (Å²) in [4.78, 5) is 13.1. The first-order valence-corrected chi connectivity index (χ1v) is 9.11. The van der Waals surface area contributed by atoms with Gasteiger partial charge in [0.15, 0.2) is 0 Å². The molecule has 25 heavy (non-hydrogen) atoms. The van der Waals surface area contributed by atoms with Crippen LogP contribution in [0, 0.1) is 5.92 Å². The van der Waals surface area contributed by atoms with E-state index in [4.69, 9.17) is 9.47 Å². The van der Waals surface area contributed by atoms with Crippen molar-refractivity contribution in [3.05, 3.63) is 36.4 Å². The van der Waals surface area contributed by atoms with Crippen molar-refractivity contribution in [1.29, 1.82) is 0 Å². The van der Waals surface area contributed by atoms with E-state index in [0.29, 0.717) is 12.5 Å². The smallest absolute Gasteiger partial charge is 0.256 e. The van der Waals surface area contributed by atoms with Gasteiger partial charge in [0, 0.05) is 23.6 Å². The number of amides is 1. The number of carbonyl (C=O) groups is 1. The molecule has 2 atom stereocenters. The Balaban J connectivity index is 1.92. The lowest BCUT2D eigenvalue weighted by atomic mass is 9.78. The van der Waals surface area contributed by atoms with Crippen LogP contribution in [0.4, 0.5) is 5.69 Å². The van der Waals surface area contributed by atoms with Gasteiger partial charge in [-0.25, -0.2) is 0 Å². The predicted octanol–water partition coefficient (Wildman–Crippen LogP) is 4.77. The number of rotatable bonds is 5. The van der Waals surface area contributed by atoms with Gasteiger partial charge in [0.05, 0.1) is 6.61 Å². The van der Waals surface area contributed by atoms with Crippen molar-refractivity contribution in [2.45, 2.75) is 45.1 Å². The number of hydrogen-bond donors (Lipinski definition) is 1. The molecule has 1 amide bonds. The summed E-state index contributed by atoms with van der Waals surface area (Å²) in [6, 6.07) is 11.8. The van der Waals surface area contributed by atoms with E-state index < -0.39 is 5.60 Å². The molecule has 0 unspecified atom stereocenters. The van der Waals surface area contributed by atoms with Crippen molar-refractivity contribution in [1.82, 2.24) is 0 Å². The fourth-order valence-electron chi connectivity index (χ4n) is 3.89. The number of benzene rings is 2. The third-order valence-electron chi connectivity index (χ3n) is 5.19. The Morgan fingerprint density at radius 2 is 2.00 bits per heavy atom. The zero-order chi connectivity index (χ0) is 17.9. The van der Waals surface area contributed by atoms with Crippen LogP contribution in [0.25, 0.3) is 10.8 Å². The Morgan fingerprint density at radius 3 is 2.68 bits per heavy atom. The minimum Gasteiger partial charge on any atom is -0.493 e. The largest absolute Gasteiger partial charge is 0.493 e. The van der Waals surface area contributed by atoms with Crippen LogP contribution in [-0.2, 0) is 9.53 Å². The van der Waals surface area contributed by atoms with Gasteiger partial charge in [-0.1, -0.05) is 37.6 Å². The van der Waals surface area contributed by atoms with Crippen LogP contribution >= 0.6 is 0 Å². The normalized spacial score (nSPS) is 23.4. The number of carbonyl (C=O) groups excluding carboxylic acids is 1. The van der Waals surface area contributed by atoms with Crippen LogP contribution in [0.3, 0.4) is 0 Å². The minimum atomic E-state index is -0.725. The molecule has 0 bridgehead atoms. The molecule has 0 aliphatic heterocycles. The van der Waals surface area contributed by atoms with E-state index in [1.807, 2.05) is 43.3 Å². The molecule has 4 heteroatoms. The third kappa shape index (κ3) is 3.49. The van der Waals surface area contributed by atoms with E-state index >= 15 is 0 Å². The summed E-state index contributed by atoms with van der Waals surface area (Å²) in [5, 5.41) is 5.11. The number of hydrogen-bond acceptors (Lipinski definition) is 3. The summed E-state index contributed by atoms with van der Waals surface area (Å²) in [7, 11) is 1.65. The Morgan fingerprint density at radius 1 is 1.24 bits per heavy atom. The summed E-state index contributed by atoms with van der Waals surface area (Å²) in [6.45, 7) is 4.77. The molecule has 1 fully saturated rings. The summed E-state index contributed by atoms with van der Waals surface area (Å²) in [6.07, 6.45) is 3.72. The lowest BCUT2D eigenvalue weighted by Crippen LogP contribution is -2.47. The molecule has 0 spiro atoms. The second-order valence-corrected chi connectivity index (χ2v) is 6.94. The zero-order valence-corrected chi connectivity index (χ0v) is 15.3. The fourth-order valence-corrected chi connectivity index (χ4v) is 3.89. The molecule has 2 aromatic rings. The van der Waals surface area contributed by atoms with Gasteiger partial charge in [-0.05, 0) is 44.2 Å². The molecule has 1 N–H and O–H groups in total. The third-order valence-corrected chi connectivity index (χ3v) is 5.19. The average molecular weight is 341 g/mol. The van der Waals surface area contributed by atoms with Crippen LogP contribution in [-0.4, -0.2) is 25.2 Å². The van der Waals surface area contributed by atoms with Crippen molar-refractivity contribution >= 4 is 22.4 Å². The van der Waals surface area contributed by atoms with E-state index in [-0.39, 0.29) is 5.91 Å². The molecule has 0 aromatic heterocycles. The van der Waals surface area contributed by atoms with Gasteiger partial charge in [-0.2, -0.15) is 0 Å². The van der Waals surface area contributed by atoms with Gasteiger partial charge < -0.3 is 14.8 Å². The maximum absolute atomic E-state index is 13.1. The van der Waals surface area contributed by atoms with E-state index in [1.165, 1.54) is 0 Å². The van der Waals surface area contributed by atoms with Gasteiger partial charge in [-0.3, -0.25) is 4.79 Å². The Labute approximate surface area is 149 Å². The Kier molecular flexibility index (Phi) is 5.28. The first-order valence-electron chi connectivity index (χ1n) is 9.11. The van der Waals surface area contributed by atoms with Gasteiger partial charge >= 0.3 is 0 Å². The molecule has 4 nitrogen and oxygen atoms in total. The fraction of sp³-hybridized carbons (Fsp3) is 0.476. The quantitative estimate of drug-likeness (QED) is 0.852. The first-order chi connectivity index (χ1) is 12.1. The summed E-state index contributed by atoms with van der Waals surface area (Å²) in [5.41, 5.74) is 0.0795. The number of fused-ring (bicyclic) bond motifs is 1. The maximum Gasteiger partial charge on any atom is 0.256 e. The highest BCUT2D eigenvalue weighted by molar-refractivity contribution is 6.06. The van der Waals surface area contributed by atoms with Crippen molar-refractivity contribution in [2.75, 3.05) is 19.0 Å². The van der Waals surface area contributed by atoms with Crippen LogP contribution in [0.1, 0.15) is 39.5 Å². The Bertz CT molecular complexity index is 758. The molecule has 1 aliphatic carbocycles. The first kappa shape index (κ1) is 17.7. The standard InChI is InChI=1S/C21H27NO3/c1-4-25-19-12-11-18(16-9-5-6-10-17(16)19)22-20(23)21(24-3)13-7-8-15(2)14-21/h5-6,9-12,15H,4,7-8,13-14H2,1-3H3,(H,22,23)/t15-,21-/m1/s1. The molecular weight excluding hydrogens is 314 g/mol. The monoisotopic (exact) mass is 341 g/mol. The molecule has 0 saturated heterocycles. The van der Waals surface area contributed by atoms with Crippen molar-refractivity contribution in [2.24, 2.45) is 5.92 Å². The van der Waals surface area contributed by atoms with Crippen LogP contribution < -0.4 is 10.1 Å². The van der Waals surface area contributed by atoms with E-state index in [9.17, 15) is 4.79 Å². The van der Waals surface area contributed by atoms with Gasteiger partial charge in [0.1, 0.15) is 11.4 Å². The van der Waals surface area contributed by atoms with Crippen LogP contribution in [0.5, 0.6) is 5.75 Å². The molecule has 1 saturated carbocycles. The van der Waals surface area contributed by atoms with Crippen LogP contribution in [0.15, 0.2) is 36.4 Å². The second kappa shape index (κ2) is 7.44. The average Bonchev–Trinajstić information content (AvgIpc) is 2.63. The van der Waals surface area contributed by atoms with E-state index in [0.717, 1.165) is 47.9 Å². The SMILES string of the molecule is CCOc1ccc(NC(=O)[C@@]2(OC)CCC[C@@H](C)C2)c2ccccc12. The predicted molar refractivity (Wildman–Crippen MR) is 101 cm³/mol. The highest BCUT2D eigenvalue weighted by Crippen LogP contribution is 2.37. The highest BCUT2D eigenvalue weighted by atomic mass is 16.5. The summed E-state index contributed by atoms with van der Waals surface area (Å²) in [5.74, 6) is 1.29. The van der Waals surface area contributed by atoms with Crippen molar-refractivity contribution in [3.8, 4) is 5.75 Å². The molecule has 1 aliphatic rings.